The minimum atomic E-state index is -0.0350. The zero-order valence-corrected chi connectivity index (χ0v) is 19.3. The molecule has 0 N–H and O–H groups in total. The fourth-order valence-electron chi connectivity index (χ4n) is 4.21. The van der Waals surface area contributed by atoms with Crippen molar-refractivity contribution in [3.05, 3.63) is 53.0 Å². The Morgan fingerprint density at radius 2 is 2.03 bits per heavy atom. The number of benzene rings is 1. The number of alkyl halides is 1. The number of aromatic nitrogens is 1. The second kappa shape index (κ2) is 9.32. The third-order valence-corrected chi connectivity index (χ3v) is 6.93. The van der Waals surface area contributed by atoms with Crippen molar-refractivity contribution in [3.8, 4) is 5.75 Å². The number of fused-ring (bicyclic) bond motifs is 1. The lowest BCUT2D eigenvalue weighted by Crippen LogP contribution is -2.55. The molecule has 6 nitrogen and oxygen atoms in total. The van der Waals surface area contributed by atoms with Gasteiger partial charge in [-0.25, -0.2) is 0 Å². The van der Waals surface area contributed by atoms with Crippen LogP contribution in [0.4, 0.5) is 0 Å². The number of hydrogen-bond acceptors (Lipinski definition) is 4. The molecule has 1 saturated heterocycles. The van der Waals surface area contributed by atoms with Crippen LogP contribution in [-0.2, 0) is 11.3 Å². The van der Waals surface area contributed by atoms with Gasteiger partial charge >= 0.3 is 0 Å². The summed E-state index contributed by atoms with van der Waals surface area (Å²) in [6.45, 7) is 4.10. The second-order valence-corrected chi connectivity index (χ2v) is 9.01. The molecule has 1 atom stereocenters. The number of methoxy groups -OCH3 is 1. The molecule has 8 heteroatoms. The Bertz CT molecular complexity index is 1090. The van der Waals surface area contributed by atoms with Gasteiger partial charge in [-0.15, -0.1) is 22.9 Å². The van der Waals surface area contributed by atoms with Gasteiger partial charge in [-0.1, -0.05) is 18.2 Å². The summed E-state index contributed by atoms with van der Waals surface area (Å²) < 4.78 is 7.60. The van der Waals surface area contributed by atoms with Gasteiger partial charge in [0, 0.05) is 48.9 Å². The highest BCUT2D eigenvalue weighted by Gasteiger charge is 2.31. The number of piperazine rings is 1. The number of para-hydroxylation sites is 1. The molecule has 0 saturated carbocycles. The van der Waals surface area contributed by atoms with Crippen molar-refractivity contribution >= 4 is 45.0 Å². The van der Waals surface area contributed by atoms with E-state index in [4.69, 9.17) is 16.3 Å². The van der Waals surface area contributed by atoms with E-state index in [1.165, 1.54) is 0 Å². The number of hydrogen-bond donors (Lipinski definition) is 0. The molecule has 1 unspecified atom stereocenters. The van der Waals surface area contributed by atoms with Crippen LogP contribution in [0.1, 0.15) is 29.4 Å². The SMILES string of the molecule is COc1ccccc1Cn1c(C(=O)N2CCN(C(=O)CCCl)C(C)C2)cc2ccsc21. The molecule has 1 aliphatic rings. The van der Waals surface area contributed by atoms with Crippen LogP contribution in [-0.4, -0.2) is 64.8 Å². The van der Waals surface area contributed by atoms with Crippen molar-refractivity contribution in [2.45, 2.75) is 25.9 Å². The number of amides is 2. The lowest BCUT2D eigenvalue weighted by Gasteiger charge is -2.40. The number of carbonyl (C=O) groups excluding carboxylic acids is 2. The Balaban J connectivity index is 1.60. The summed E-state index contributed by atoms with van der Waals surface area (Å²) in [5.74, 6) is 1.17. The van der Waals surface area contributed by atoms with Crippen LogP contribution in [0.25, 0.3) is 10.2 Å². The molecule has 0 aliphatic carbocycles. The topological polar surface area (TPSA) is 54.8 Å². The third-order valence-electron chi connectivity index (χ3n) is 5.79. The molecular formula is C23H26ClN3O3S. The Kier molecular flexibility index (Phi) is 6.53. The molecule has 0 spiro atoms. The summed E-state index contributed by atoms with van der Waals surface area (Å²) in [5.41, 5.74) is 1.69. The van der Waals surface area contributed by atoms with E-state index in [-0.39, 0.29) is 17.9 Å². The zero-order valence-electron chi connectivity index (χ0n) is 17.7. The molecule has 3 aromatic rings. The van der Waals surface area contributed by atoms with Gasteiger partial charge in [-0.05, 0) is 30.5 Å². The highest BCUT2D eigenvalue weighted by Crippen LogP contribution is 2.29. The minimum Gasteiger partial charge on any atom is -0.496 e. The molecule has 1 aromatic carbocycles. The van der Waals surface area contributed by atoms with E-state index >= 15 is 0 Å². The molecule has 3 heterocycles. The van der Waals surface area contributed by atoms with E-state index in [0.717, 1.165) is 21.5 Å². The zero-order chi connectivity index (χ0) is 22.0. The van der Waals surface area contributed by atoms with Crippen LogP contribution in [0.15, 0.2) is 41.8 Å². The van der Waals surface area contributed by atoms with E-state index in [2.05, 4.69) is 4.57 Å². The van der Waals surface area contributed by atoms with Gasteiger partial charge in [-0.2, -0.15) is 0 Å². The molecule has 4 rings (SSSR count). The van der Waals surface area contributed by atoms with Gasteiger partial charge in [0.1, 0.15) is 16.3 Å². The molecule has 2 aromatic heterocycles. The van der Waals surface area contributed by atoms with Crippen molar-refractivity contribution in [1.29, 1.82) is 0 Å². The monoisotopic (exact) mass is 459 g/mol. The predicted molar refractivity (Wildman–Crippen MR) is 124 cm³/mol. The standard InChI is InChI=1S/C23H26ClN3O3S/c1-16-14-25(10-11-26(16)21(28)7-9-24)22(29)19-13-17-8-12-31-23(17)27(19)15-18-5-3-4-6-20(18)30-2/h3-6,8,12-13,16H,7,9-11,14-15H2,1-2H3. The van der Waals surface area contributed by atoms with Crippen molar-refractivity contribution in [2.75, 3.05) is 32.6 Å². The van der Waals surface area contributed by atoms with Gasteiger partial charge in [-0.3, -0.25) is 9.59 Å². The van der Waals surface area contributed by atoms with Gasteiger partial charge in [0.2, 0.25) is 5.91 Å². The Labute approximate surface area is 190 Å². The molecule has 0 bridgehead atoms. The first-order valence-corrected chi connectivity index (χ1v) is 11.8. The van der Waals surface area contributed by atoms with Gasteiger partial charge in [0.25, 0.3) is 5.91 Å². The Morgan fingerprint density at radius 1 is 1.23 bits per heavy atom. The lowest BCUT2D eigenvalue weighted by molar-refractivity contribution is -0.134. The molecular weight excluding hydrogens is 434 g/mol. The first-order chi connectivity index (χ1) is 15.0. The number of carbonyl (C=O) groups is 2. The molecule has 2 amide bonds. The van der Waals surface area contributed by atoms with E-state index in [9.17, 15) is 9.59 Å². The quantitative estimate of drug-likeness (QED) is 0.522. The maximum atomic E-state index is 13.5. The Hall–Kier alpha value is -2.51. The summed E-state index contributed by atoms with van der Waals surface area (Å²) >= 11 is 7.36. The van der Waals surface area contributed by atoms with Gasteiger partial charge in [0.05, 0.1) is 13.7 Å². The largest absolute Gasteiger partial charge is 0.496 e. The number of thiophene rings is 1. The van der Waals surface area contributed by atoms with E-state index in [1.54, 1.807) is 18.4 Å². The smallest absolute Gasteiger partial charge is 0.270 e. The van der Waals surface area contributed by atoms with Crippen LogP contribution in [0, 0.1) is 0 Å². The van der Waals surface area contributed by atoms with E-state index in [0.29, 0.717) is 44.2 Å². The number of ether oxygens (including phenoxy) is 1. The predicted octanol–water partition coefficient (Wildman–Crippen LogP) is 4.06. The summed E-state index contributed by atoms with van der Waals surface area (Å²) in [4.78, 5) is 30.6. The number of rotatable bonds is 6. The van der Waals surface area contributed by atoms with Crippen molar-refractivity contribution < 1.29 is 14.3 Å². The van der Waals surface area contributed by atoms with Crippen molar-refractivity contribution in [2.24, 2.45) is 0 Å². The summed E-state index contributed by atoms with van der Waals surface area (Å²) in [6, 6.07) is 11.9. The van der Waals surface area contributed by atoms with Crippen LogP contribution in [0.2, 0.25) is 0 Å². The fourth-order valence-corrected chi connectivity index (χ4v) is 5.27. The third kappa shape index (κ3) is 4.29. The average molecular weight is 460 g/mol. The Morgan fingerprint density at radius 3 is 2.77 bits per heavy atom. The minimum absolute atomic E-state index is 0.00501. The van der Waals surface area contributed by atoms with Gasteiger partial charge in [0.15, 0.2) is 0 Å². The number of halogens is 1. The summed E-state index contributed by atoms with van der Waals surface area (Å²) in [7, 11) is 1.66. The molecule has 164 valence electrons. The maximum absolute atomic E-state index is 13.5. The second-order valence-electron chi connectivity index (χ2n) is 7.73. The average Bonchev–Trinajstić information content (AvgIpc) is 3.36. The van der Waals surface area contributed by atoms with Gasteiger partial charge < -0.3 is 19.1 Å². The van der Waals surface area contributed by atoms with Crippen molar-refractivity contribution in [1.82, 2.24) is 14.4 Å². The highest BCUT2D eigenvalue weighted by molar-refractivity contribution is 7.16. The fraction of sp³-hybridized carbons (Fsp3) is 0.391. The first-order valence-electron chi connectivity index (χ1n) is 10.4. The van der Waals surface area contributed by atoms with Crippen LogP contribution in [0.5, 0.6) is 5.75 Å². The summed E-state index contributed by atoms with van der Waals surface area (Å²) in [5, 5.41) is 3.10. The molecule has 0 radical (unpaired) electrons. The molecule has 31 heavy (non-hydrogen) atoms. The van der Waals surface area contributed by atoms with E-state index in [1.807, 2.05) is 58.5 Å². The molecule has 1 fully saturated rings. The molecule has 1 aliphatic heterocycles. The normalized spacial score (nSPS) is 16.7. The lowest BCUT2D eigenvalue weighted by atomic mass is 10.1. The van der Waals surface area contributed by atoms with Crippen molar-refractivity contribution in [3.63, 3.8) is 0 Å². The maximum Gasteiger partial charge on any atom is 0.270 e. The van der Waals surface area contributed by atoms with Crippen LogP contribution >= 0.6 is 22.9 Å². The van der Waals surface area contributed by atoms with E-state index < -0.39 is 0 Å². The summed E-state index contributed by atoms with van der Waals surface area (Å²) in [6.07, 6.45) is 0.331. The highest BCUT2D eigenvalue weighted by atomic mass is 35.5. The van der Waals surface area contributed by atoms with Crippen LogP contribution < -0.4 is 4.74 Å². The van der Waals surface area contributed by atoms with Crippen LogP contribution in [0.3, 0.4) is 0 Å². The first kappa shape index (κ1) is 21.7. The number of nitrogens with zero attached hydrogens (tertiary/aromatic N) is 3.